The lowest BCUT2D eigenvalue weighted by molar-refractivity contribution is -0.0384. The Morgan fingerprint density at radius 1 is 1.12 bits per heavy atom. The number of rotatable bonds is 9. The molecule has 130 valence electrons. The molecule has 25 heavy (non-hydrogen) atoms. The maximum atomic E-state index is 12.3. The van der Waals surface area contributed by atoms with E-state index in [1.165, 1.54) is 12.3 Å². The second kappa shape index (κ2) is 10.1. The van der Waals surface area contributed by atoms with Crippen LogP contribution in [0.25, 0.3) is 0 Å². The smallest absolute Gasteiger partial charge is 0.338 e. The van der Waals surface area contributed by atoms with Gasteiger partial charge in [-0.15, -0.1) is 5.16 Å². The number of esters is 1. The molecular weight excluding hydrogens is 318 g/mol. The summed E-state index contributed by atoms with van der Waals surface area (Å²) < 4.78 is 11.4. The van der Waals surface area contributed by atoms with Gasteiger partial charge in [0.05, 0.1) is 12.2 Å². The van der Waals surface area contributed by atoms with Crippen LogP contribution in [-0.4, -0.2) is 29.6 Å². The Labute approximate surface area is 147 Å². The van der Waals surface area contributed by atoms with E-state index in [0.29, 0.717) is 12.2 Å². The van der Waals surface area contributed by atoms with E-state index >= 15 is 0 Å². The number of ether oxygens (including phenoxy) is 2. The highest BCUT2D eigenvalue weighted by atomic mass is 16.6. The minimum absolute atomic E-state index is 0.280. The van der Waals surface area contributed by atoms with Crippen molar-refractivity contribution in [3.05, 3.63) is 84.4 Å². The molecule has 0 bridgehead atoms. The highest BCUT2D eigenvalue weighted by Gasteiger charge is 2.23. The Morgan fingerprint density at radius 2 is 1.76 bits per heavy atom. The molecule has 0 spiro atoms. The topological polar surface area (TPSA) is 68.1 Å². The number of carbonyl (C=O) groups is 1. The normalized spacial score (nSPS) is 13.3. The molecule has 5 heteroatoms. The van der Waals surface area contributed by atoms with Gasteiger partial charge < -0.3 is 14.7 Å². The number of carbonyl (C=O) groups excluding carboxylic acids is 1. The highest BCUT2D eigenvalue weighted by Crippen LogP contribution is 2.15. The fraction of sp³-hybridized carbons (Fsp3) is 0.200. The van der Waals surface area contributed by atoms with Crippen molar-refractivity contribution in [1.29, 1.82) is 0 Å². The Morgan fingerprint density at radius 3 is 2.36 bits per heavy atom. The zero-order valence-corrected chi connectivity index (χ0v) is 13.8. The largest absolute Gasteiger partial charge is 0.452 e. The molecule has 0 aliphatic heterocycles. The summed E-state index contributed by atoms with van der Waals surface area (Å²) in [6.45, 7) is 4.07. The number of hydrogen-bond acceptors (Lipinski definition) is 5. The first-order chi connectivity index (χ1) is 12.2. The van der Waals surface area contributed by atoms with Gasteiger partial charge in [-0.05, 0) is 23.8 Å². The predicted molar refractivity (Wildman–Crippen MR) is 95.8 cm³/mol. The lowest BCUT2D eigenvalue weighted by Crippen LogP contribution is -2.32. The third kappa shape index (κ3) is 5.90. The van der Waals surface area contributed by atoms with Gasteiger partial charge in [0.15, 0.2) is 0 Å². The zero-order valence-electron chi connectivity index (χ0n) is 13.8. The van der Waals surface area contributed by atoms with Gasteiger partial charge in [0.2, 0.25) is 0 Å². The van der Waals surface area contributed by atoms with Crippen LogP contribution >= 0.6 is 0 Å². The van der Waals surface area contributed by atoms with Gasteiger partial charge in [-0.3, -0.25) is 0 Å². The first-order valence-electron chi connectivity index (χ1n) is 7.94. The van der Waals surface area contributed by atoms with Crippen LogP contribution in [0.5, 0.6) is 0 Å². The van der Waals surface area contributed by atoms with Crippen molar-refractivity contribution in [3.63, 3.8) is 0 Å². The quantitative estimate of drug-likeness (QED) is 0.248. The van der Waals surface area contributed by atoms with Crippen LogP contribution in [0.15, 0.2) is 78.5 Å². The Kier molecular flexibility index (Phi) is 7.41. The molecule has 2 aromatic carbocycles. The summed E-state index contributed by atoms with van der Waals surface area (Å²) in [4.78, 5) is 12.3. The van der Waals surface area contributed by atoms with Crippen molar-refractivity contribution in [1.82, 2.24) is 0 Å². The SMILES string of the molecule is C=C[C@H](OC(=O)c1ccccc1)[C@H](C/C=N/O)OCc1ccccc1. The van der Waals surface area contributed by atoms with Gasteiger partial charge in [-0.1, -0.05) is 55.1 Å². The zero-order chi connectivity index (χ0) is 17.9. The Bertz CT molecular complexity index is 685. The molecule has 0 radical (unpaired) electrons. The first-order valence-corrected chi connectivity index (χ1v) is 7.94. The summed E-state index contributed by atoms with van der Waals surface area (Å²) >= 11 is 0. The molecule has 0 aliphatic carbocycles. The molecule has 2 aromatic rings. The van der Waals surface area contributed by atoms with Crippen LogP contribution in [0.4, 0.5) is 0 Å². The molecule has 0 heterocycles. The van der Waals surface area contributed by atoms with Crippen LogP contribution in [0.1, 0.15) is 22.3 Å². The lowest BCUT2D eigenvalue weighted by Gasteiger charge is -2.24. The van der Waals surface area contributed by atoms with E-state index in [2.05, 4.69) is 11.7 Å². The fourth-order valence-corrected chi connectivity index (χ4v) is 2.27. The van der Waals surface area contributed by atoms with Crippen molar-refractivity contribution < 1.29 is 19.5 Å². The molecule has 0 saturated carbocycles. The molecular formula is C20H21NO4. The second-order valence-corrected chi connectivity index (χ2v) is 5.34. The third-order valence-corrected chi connectivity index (χ3v) is 3.58. The summed E-state index contributed by atoms with van der Waals surface area (Å²) in [5.74, 6) is -0.459. The number of oxime groups is 1. The van der Waals surface area contributed by atoms with Crippen molar-refractivity contribution in [2.24, 2.45) is 5.16 Å². The molecule has 0 aromatic heterocycles. The summed E-state index contributed by atoms with van der Waals surface area (Å²) in [5.41, 5.74) is 1.44. The maximum absolute atomic E-state index is 12.3. The van der Waals surface area contributed by atoms with E-state index in [1.807, 2.05) is 36.4 Å². The van der Waals surface area contributed by atoms with E-state index in [0.717, 1.165) is 5.56 Å². The monoisotopic (exact) mass is 339 g/mol. The van der Waals surface area contributed by atoms with Crippen LogP contribution < -0.4 is 0 Å². The second-order valence-electron chi connectivity index (χ2n) is 5.34. The molecule has 0 fully saturated rings. The maximum Gasteiger partial charge on any atom is 0.338 e. The average molecular weight is 339 g/mol. The van der Waals surface area contributed by atoms with E-state index in [9.17, 15) is 4.79 Å². The molecule has 0 aliphatic rings. The van der Waals surface area contributed by atoms with Gasteiger partial charge >= 0.3 is 5.97 Å². The van der Waals surface area contributed by atoms with Crippen molar-refractivity contribution in [2.75, 3.05) is 0 Å². The third-order valence-electron chi connectivity index (χ3n) is 3.58. The van der Waals surface area contributed by atoms with Gasteiger partial charge in [0.25, 0.3) is 0 Å². The van der Waals surface area contributed by atoms with Crippen molar-refractivity contribution in [2.45, 2.75) is 25.2 Å². The molecule has 0 saturated heterocycles. The predicted octanol–water partition coefficient (Wildman–Crippen LogP) is 3.83. The van der Waals surface area contributed by atoms with Gasteiger partial charge in [0.1, 0.15) is 12.2 Å². The van der Waals surface area contributed by atoms with E-state index in [4.69, 9.17) is 14.7 Å². The highest BCUT2D eigenvalue weighted by molar-refractivity contribution is 5.89. The lowest BCUT2D eigenvalue weighted by atomic mass is 10.1. The van der Waals surface area contributed by atoms with Crippen LogP contribution in [0.2, 0.25) is 0 Å². The summed E-state index contributed by atoms with van der Waals surface area (Å²) in [6, 6.07) is 18.4. The van der Waals surface area contributed by atoms with Crippen LogP contribution in [-0.2, 0) is 16.1 Å². The van der Waals surface area contributed by atoms with Gasteiger partial charge in [0, 0.05) is 12.6 Å². The van der Waals surface area contributed by atoms with E-state index in [1.54, 1.807) is 24.3 Å². The van der Waals surface area contributed by atoms with Crippen LogP contribution in [0, 0.1) is 0 Å². The van der Waals surface area contributed by atoms with E-state index in [-0.39, 0.29) is 6.42 Å². The summed E-state index contributed by atoms with van der Waals surface area (Å²) in [7, 11) is 0. The summed E-state index contributed by atoms with van der Waals surface area (Å²) in [5, 5.41) is 11.7. The molecule has 2 atom stereocenters. The van der Waals surface area contributed by atoms with Gasteiger partial charge in [-0.2, -0.15) is 0 Å². The fourth-order valence-electron chi connectivity index (χ4n) is 2.27. The molecule has 0 unspecified atom stereocenters. The van der Waals surface area contributed by atoms with E-state index < -0.39 is 18.2 Å². The number of nitrogens with zero attached hydrogens (tertiary/aromatic N) is 1. The minimum atomic E-state index is -0.672. The number of benzene rings is 2. The molecule has 0 amide bonds. The van der Waals surface area contributed by atoms with Crippen LogP contribution in [0.3, 0.4) is 0 Å². The standard InChI is InChI=1S/C20H21NO4/c1-2-18(25-20(22)17-11-7-4-8-12-17)19(13-14-21-23)24-15-16-9-5-3-6-10-16/h2-12,14,18-19,23H,1,13,15H2/b21-14+/t18-,19-/m0/s1. The van der Waals surface area contributed by atoms with Gasteiger partial charge in [-0.25, -0.2) is 4.79 Å². The Hall–Kier alpha value is -2.92. The minimum Gasteiger partial charge on any atom is -0.452 e. The first kappa shape index (κ1) is 18.4. The number of hydrogen-bond donors (Lipinski definition) is 1. The van der Waals surface area contributed by atoms with Crippen molar-refractivity contribution >= 4 is 12.2 Å². The molecule has 5 nitrogen and oxygen atoms in total. The van der Waals surface area contributed by atoms with Crippen molar-refractivity contribution in [3.8, 4) is 0 Å². The Balaban J connectivity index is 2.04. The average Bonchev–Trinajstić information content (AvgIpc) is 2.68. The molecule has 1 N–H and O–H groups in total. The summed E-state index contributed by atoms with van der Waals surface area (Å²) in [6.07, 6.45) is 1.92. The molecule has 2 rings (SSSR count).